The lowest BCUT2D eigenvalue weighted by atomic mass is 10.1. The average Bonchev–Trinajstić information content (AvgIpc) is 2.25. The molecule has 1 nitrogen and oxygen atoms in total. The van der Waals surface area contributed by atoms with Gasteiger partial charge < -0.3 is 4.74 Å². The van der Waals surface area contributed by atoms with E-state index < -0.39 is 0 Å². The fraction of sp³-hybridized carbons (Fsp3) is 0.500. The Morgan fingerprint density at radius 3 is 2.57 bits per heavy atom. The highest BCUT2D eigenvalue weighted by Gasteiger charge is 2.05. The maximum Gasteiger partial charge on any atom is 0.119 e. The molecule has 78 valence electrons. The lowest BCUT2D eigenvalue weighted by Crippen LogP contribution is -2.13. The largest absolute Gasteiger partial charge is 0.493 e. The zero-order chi connectivity index (χ0) is 10.2. The summed E-state index contributed by atoms with van der Waals surface area (Å²) in [4.78, 5) is 0. The highest BCUT2D eigenvalue weighted by molar-refractivity contribution is 7.80. The van der Waals surface area contributed by atoms with Gasteiger partial charge in [0.15, 0.2) is 0 Å². The molecule has 1 aromatic rings. The van der Waals surface area contributed by atoms with Crippen LogP contribution in [0, 0.1) is 5.92 Å². The van der Waals surface area contributed by atoms with Crippen molar-refractivity contribution in [3.8, 4) is 5.75 Å². The van der Waals surface area contributed by atoms with Crippen LogP contribution in [-0.4, -0.2) is 12.4 Å². The third-order valence-electron chi connectivity index (χ3n) is 2.18. The molecule has 1 atom stereocenters. The second-order valence-electron chi connectivity index (χ2n) is 3.46. The van der Waals surface area contributed by atoms with E-state index in [0.29, 0.717) is 5.92 Å². The first-order valence-electron chi connectivity index (χ1n) is 5.15. The minimum atomic E-state index is 0.573. The van der Waals surface area contributed by atoms with E-state index in [1.807, 2.05) is 30.3 Å². The number of thiol groups is 1. The molecule has 0 aliphatic carbocycles. The molecule has 0 bridgehead atoms. The SMILES string of the molecule is CCCC(CS)COc1ccccc1. The highest BCUT2D eigenvalue weighted by Crippen LogP contribution is 2.13. The molecule has 14 heavy (non-hydrogen) atoms. The lowest BCUT2D eigenvalue weighted by molar-refractivity contribution is 0.254. The standard InChI is InChI=1S/C12H18OS/c1-2-6-11(10-14)9-13-12-7-4-3-5-8-12/h3-5,7-8,11,14H,2,6,9-10H2,1H3. The Labute approximate surface area is 91.9 Å². The first-order valence-corrected chi connectivity index (χ1v) is 5.78. The van der Waals surface area contributed by atoms with Gasteiger partial charge in [-0.05, 0) is 24.3 Å². The number of para-hydroxylation sites is 1. The highest BCUT2D eigenvalue weighted by atomic mass is 32.1. The van der Waals surface area contributed by atoms with Crippen molar-refractivity contribution in [1.29, 1.82) is 0 Å². The topological polar surface area (TPSA) is 9.23 Å². The van der Waals surface area contributed by atoms with E-state index in [1.54, 1.807) is 0 Å². The quantitative estimate of drug-likeness (QED) is 0.708. The van der Waals surface area contributed by atoms with E-state index in [4.69, 9.17) is 4.74 Å². The van der Waals surface area contributed by atoms with Crippen molar-refractivity contribution in [2.75, 3.05) is 12.4 Å². The second kappa shape index (κ2) is 6.77. The van der Waals surface area contributed by atoms with Gasteiger partial charge in [0.2, 0.25) is 0 Å². The summed E-state index contributed by atoms with van der Waals surface area (Å²) in [5, 5.41) is 0. The van der Waals surface area contributed by atoms with E-state index in [9.17, 15) is 0 Å². The van der Waals surface area contributed by atoms with Crippen LogP contribution in [0.25, 0.3) is 0 Å². The zero-order valence-electron chi connectivity index (χ0n) is 8.65. The molecule has 0 N–H and O–H groups in total. The van der Waals surface area contributed by atoms with Crippen molar-refractivity contribution in [1.82, 2.24) is 0 Å². The van der Waals surface area contributed by atoms with Crippen molar-refractivity contribution >= 4 is 12.6 Å². The second-order valence-corrected chi connectivity index (χ2v) is 3.83. The maximum atomic E-state index is 5.66. The predicted octanol–water partition coefficient (Wildman–Crippen LogP) is 3.41. The van der Waals surface area contributed by atoms with Gasteiger partial charge in [0.1, 0.15) is 5.75 Å². The summed E-state index contributed by atoms with van der Waals surface area (Å²) < 4.78 is 5.66. The lowest BCUT2D eigenvalue weighted by Gasteiger charge is -2.14. The number of benzene rings is 1. The van der Waals surface area contributed by atoms with Gasteiger partial charge in [-0.15, -0.1) is 0 Å². The van der Waals surface area contributed by atoms with Crippen molar-refractivity contribution < 1.29 is 4.74 Å². The summed E-state index contributed by atoms with van der Waals surface area (Å²) in [5.41, 5.74) is 0. The fourth-order valence-electron chi connectivity index (χ4n) is 1.37. The van der Waals surface area contributed by atoms with E-state index >= 15 is 0 Å². The van der Waals surface area contributed by atoms with E-state index in [2.05, 4.69) is 19.6 Å². The zero-order valence-corrected chi connectivity index (χ0v) is 9.54. The summed E-state index contributed by atoms with van der Waals surface area (Å²) in [6.07, 6.45) is 2.39. The Kier molecular flexibility index (Phi) is 5.53. The van der Waals surface area contributed by atoms with Crippen LogP contribution in [0.15, 0.2) is 30.3 Å². The molecular formula is C12H18OS. The number of hydrogen-bond acceptors (Lipinski definition) is 2. The van der Waals surface area contributed by atoms with Crippen molar-refractivity contribution in [3.05, 3.63) is 30.3 Å². The first-order chi connectivity index (χ1) is 6.86. The van der Waals surface area contributed by atoms with Gasteiger partial charge in [0.05, 0.1) is 6.61 Å². The molecule has 0 amide bonds. The molecule has 0 radical (unpaired) electrons. The van der Waals surface area contributed by atoms with Gasteiger partial charge in [-0.25, -0.2) is 0 Å². The molecule has 0 aliphatic heterocycles. The number of hydrogen-bond donors (Lipinski definition) is 1. The van der Waals surface area contributed by atoms with Gasteiger partial charge in [-0.1, -0.05) is 31.5 Å². The van der Waals surface area contributed by atoms with E-state index in [-0.39, 0.29) is 0 Å². The van der Waals surface area contributed by atoms with Gasteiger partial charge in [0, 0.05) is 5.92 Å². The molecule has 0 spiro atoms. The van der Waals surface area contributed by atoms with Gasteiger partial charge >= 0.3 is 0 Å². The Morgan fingerprint density at radius 1 is 1.29 bits per heavy atom. The third-order valence-corrected chi connectivity index (χ3v) is 2.70. The first kappa shape index (κ1) is 11.4. The van der Waals surface area contributed by atoms with Crippen LogP contribution >= 0.6 is 12.6 Å². The summed E-state index contributed by atoms with van der Waals surface area (Å²) >= 11 is 4.32. The minimum absolute atomic E-state index is 0.573. The van der Waals surface area contributed by atoms with Crippen molar-refractivity contribution in [2.24, 2.45) is 5.92 Å². The minimum Gasteiger partial charge on any atom is -0.493 e. The molecule has 2 heteroatoms. The molecule has 0 saturated heterocycles. The molecule has 0 heterocycles. The van der Waals surface area contributed by atoms with Crippen LogP contribution in [0.4, 0.5) is 0 Å². The summed E-state index contributed by atoms with van der Waals surface area (Å²) in [6, 6.07) is 9.95. The summed E-state index contributed by atoms with van der Waals surface area (Å²) in [6.45, 7) is 2.97. The van der Waals surface area contributed by atoms with Crippen LogP contribution in [0.1, 0.15) is 19.8 Å². The monoisotopic (exact) mass is 210 g/mol. The maximum absolute atomic E-state index is 5.66. The molecule has 0 saturated carbocycles. The Bertz CT molecular complexity index is 235. The van der Waals surface area contributed by atoms with Crippen LogP contribution in [-0.2, 0) is 0 Å². The van der Waals surface area contributed by atoms with Gasteiger partial charge in [-0.2, -0.15) is 12.6 Å². The van der Waals surface area contributed by atoms with Crippen LogP contribution in [0.2, 0.25) is 0 Å². The molecule has 1 rings (SSSR count). The molecular weight excluding hydrogens is 192 g/mol. The fourth-order valence-corrected chi connectivity index (χ4v) is 1.65. The average molecular weight is 210 g/mol. The number of ether oxygens (including phenoxy) is 1. The van der Waals surface area contributed by atoms with Gasteiger partial charge in [0.25, 0.3) is 0 Å². The van der Waals surface area contributed by atoms with Crippen molar-refractivity contribution in [2.45, 2.75) is 19.8 Å². The predicted molar refractivity (Wildman–Crippen MR) is 64.2 cm³/mol. The van der Waals surface area contributed by atoms with Gasteiger partial charge in [-0.3, -0.25) is 0 Å². The van der Waals surface area contributed by atoms with Crippen LogP contribution < -0.4 is 4.74 Å². The van der Waals surface area contributed by atoms with E-state index in [1.165, 1.54) is 12.8 Å². The molecule has 0 aliphatic rings. The number of rotatable bonds is 6. The van der Waals surface area contributed by atoms with Crippen LogP contribution in [0.5, 0.6) is 5.75 Å². The normalized spacial score (nSPS) is 12.4. The van der Waals surface area contributed by atoms with E-state index in [0.717, 1.165) is 18.1 Å². The molecule has 0 fully saturated rings. The molecule has 1 aromatic carbocycles. The Hall–Kier alpha value is -0.630. The van der Waals surface area contributed by atoms with Crippen molar-refractivity contribution in [3.63, 3.8) is 0 Å². The third kappa shape index (κ3) is 4.05. The smallest absolute Gasteiger partial charge is 0.119 e. The Morgan fingerprint density at radius 2 is 2.00 bits per heavy atom. The Balaban J connectivity index is 2.32. The summed E-state index contributed by atoms with van der Waals surface area (Å²) in [7, 11) is 0. The molecule has 0 aromatic heterocycles. The van der Waals surface area contributed by atoms with Crippen LogP contribution in [0.3, 0.4) is 0 Å². The summed E-state index contributed by atoms with van der Waals surface area (Å²) in [5.74, 6) is 2.43. The molecule has 1 unspecified atom stereocenters.